The molecular weight excluding hydrogens is 228 g/mol. The molecule has 0 saturated heterocycles. The van der Waals surface area contributed by atoms with Crippen LogP contribution in [0.25, 0.3) is 0 Å². The molecule has 1 rings (SSSR count). The normalized spacial score (nSPS) is 10.3. The average Bonchev–Trinajstić information content (AvgIpc) is 2.32. The third kappa shape index (κ3) is 3.23. The maximum Gasteiger partial charge on any atom is 0.221 e. The van der Waals surface area contributed by atoms with Crippen LogP contribution < -0.4 is 15.8 Å². The van der Waals surface area contributed by atoms with Crippen LogP contribution in [-0.4, -0.2) is 19.6 Å². The SMILES string of the molecule is COc1c(C)c(C)cc(C)c1CNC(=O)CCN. The molecule has 0 aromatic heterocycles. The standard InChI is InChI=1S/C14H22N2O2/c1-9-7-10(2)12(14(18-4)11(9)3)8-16-13(17)5-6-15/h7H,5-6,8,15H2,1-4H3,(H,16,17). The molecule has 0 fully saturated rings. The fraction of sp³-hybridized carbons (Fsp3) is 0.500. The lowest BCUT2D eigenvalue weighted by molar-refractivity contribution is -0.121. The van der Waals surface area contributed by atoms with Crippen molar-refractivity contribution in [1.29, 1.82) is 0 Å². The Morgan fingerprint density at radius 3 is 2.56 bits per heavy atom. The van der Waals surface area contributed by atoms with Crippen LogP contribution in [0.5, 0.6) is 5.75 Å². The van der Waals surface area contributed by atoms with Crippen molar-refractivity contribution >= 4 is 5.91 Å². The zero-order valence-corrected chi connectivity index (χ0v) is 11.6. The number of hydrogen-bond acceptors (Lipinski definition) is 3. The molecule has 0 bridgehead atoms. The number of hydrogen-bond donors (Lipinski definition) is 2. The molecule has 3 N–H and O–H groups in total. The smallest absolute Gasteiger partial charge is 0.221 e. The Labute approximate surface area is 109 Å². The number of methoxy groups -OCH3 is 1. The first-order valence-electron chi connectivity index (χ1n) is 6.11. The molecule has 0 saturated carbocycles. The molecule has 100 valence electrons. The van der Waals surface area contributed by atoms with Gasteiger partial charge in [-0.2, -0.15) is 0 Å². The molecule has 0 heterocycles. The molecule has 0 aliphatic rings. The van der Waals surface area contributed by atoms with Crippen LogP contribution in [0.1, 0.15) is 28.7 Å². The number of carbonyl (C=O) groups excluding carboxylic acids is 1. The molecule has 0 spiro atoms. The summed E-state index contributed by atoms with van der Waals surface area (Å²) in [7, 11) is 1.66. The summed E-state index contributed by atoms with van der Waals surface area (Å²) >= 11 is 0. The predicted molar refractivity (Wildman–Crippen MR) is 72.7 cm³/mol. The molecule has 0 aliphatic carbocycles. The second kappa shape index (κ2) is 6.40. The number of nitrogens with two attached hydrogens (primary N) is 1. The summed E-state index contributed by atoms with van der Waals surface area (Å²) in [6.07, 6.45) is 0.353. The first-order chi connectivity index (χ1) is 8.51. The monoisotopic (exact) mass is 250 g/mol. The molecule has 0 aliphatic heterocycles. The highest BCUT2D eigenvalue weighted by atomic mass is 16.5. The third-order valence-electron chi connectivity index (χ3n) is 3.15. The van der Waals surface area contributed by atoms with Gasteiger partial charge in [0.25, 0.3) is 0 Å². The van der Waals surface area contributed by atoms with Crippen molar-refractivity contribution in [3.63, 3.8) is 0 Å². The minimum absolute atomic E-state index is 0.0304. The van der Waals surface area contributed by atoms with Crippen LogP contribution in [0.15, 0.2) is 6.07 Å². The van der Waals surface area contributed by atoms with Crippen LogP contribution >= 0.6 is 0 Å². The van der Waals surface area contributed by atoms with Gasteiger partial charge in [-0.15, -0.1) is 0 Å². The first kappa shape index (κ1) is 14.5. The fourth-order valence-corrected chi connectivity index (χ4v) is 2.01. The fourth-order valence-electron chi connectivity index (χ4n) is 2.01. The quantitative estimate of drug-likeness (QED) is 0.834. The van der Waals surface area contributed by atoms with Crippen LogP contribution in [0, 0.1) is 20.8 Å². The van der Waals surface area contributed by atoms with Gasteiger partial charge >= 0.3 is 0 Å². The van der Waals surface area contributed by atoms with Gasteiger partial charge in [0.05, 0.1) is 7.11 Å². The zero-order valence-electron chi connectivity index (χ0n) is 11.6. The molecule has 18 heavy (non-hydrogen) atoms. The molecule has 1 amide bonds. The summed E-state index contributed by atoms with van der Waals surface area (Å²) in [5.74, 6) is 0.831. The Balaban J connectivity index is 2.94. The number of aryl methyl sites for hydroxylation is 2. The van der Waals surface area contributed by atoms with Gasteiger partial charge in [-0.05, 0) is 37.5 Å². The molecule has 0 unspecified atom stereocenters. The van der Waals surface area contributed by atoms with Crippen molar-refractivity contribution in [2.75, 3.05) is 13.7 Å². The topological polar surface area (TPSA) is 64.3 Å². The van der Waals surface area contributed by atoms with Gasteiger partial charge in [-0.1, -0.05) is 6.07 Å². The van der Waals surface area contributed by atoms with Crippen molar-refractivity contribution in [2.45, 2.75) is 33.7 Å². The van der Waals surface area contributed by atoms with Gasteiger partial charge in [0, 0.05) is 25.1 Å². The Bertz CT molecular complexity index is 442. The summed E-state index contributed by atoms with van der Waals surface area (Å²) in [4.78, 5) is 11.4. The number of rotatable bonds is 5. The first-order valence-corrected chi connectivity index (χ1v) is 6.11. The Morgan fingerprint density at radius 1 is 1.33 bits per heavy atom. The predicted octanol–water partition coefficient (Wildman–Crippen LogP) is 1.59. The summed E-state index contributed by atoms with van der Waals surface area (Å²) in [5.41, 5.74) is 9.82. The van der Waals surface area contributed by atoms with E-state index in [1.165, 1.54) is 5.56 Å². The van der Waals surface area contributed by atoms with E-state index >= 15 is 0 Å². The van der Waals surface area contributed by atoms with E-state index in [2.05, 4.69) is 18.3 Å². The maximum absolute atomic E-state index is 11.4. The van der Waals surface area contributed by atoms with Gasteiger partial charge in [0.15, 0.2) is 0 Å². The largest absolute Gasteiger partial charge is 0.496 e. The second-order valence-electron chi connectivity index (χ2n) is 4.46. The van der Waals surface area contributed by atoms with E-state index in [-0.39, 0.29) is 5.91 Å². The Morgan fingerprint density at radius 2 is 2.00 bits per heavy atom. The zero-order chi connectivity index (χ0) is 13.7. The molecule has 0 radical (unpaired) electrons. The Hall–Kier alpha value is -1.55. The summed E-state index contributed by atoms with van der Waals surface area (Å²) in [6.45, 7) is 6.96. The van der Waals surface area contributed by atoms with Crippen molar-refractivity contribution in [1.82, 2.24) is 5.32 Å². The molecule has 4 heteroatoms. The summed E-state index contributed by atoms with van der Waals surface area (Å²) in [5, 5.41) is 2.86. The lowest BCUT2D eigenvalue weighted by Crippen LogP contribution is -2.25. The highest BCUT2D eigenvalue weighted by Gasteiger charge is 2.12. The summed E-state index contributed by atoms with van der Waals surface area (Å²) in [6, 6.07) is 2.11. The lowest BCUT2D eigenvalue weighted by Gasteiger charge is -2.17. The molecular formula is C14H22N2O2. The van der Waals surface area contributed by atoms with E-state index in [9.17, 15) is 4.79 Å². The van der Waals surface area contributed by atoms with Crippen molar-refractivity contribution in [3.05, 3.63) is 28.3 Å². The van der Waals surface area contributed by atoms with E-state index in [0.29, 0.717) is 19.5 Å². The van der Waals surface area contributed by atoms with Crippen molar-refractivity contribution in [2.24, 2.45) is 5.73 Å². The highest BCUT2D eigenvalue weighted by molar-refractivity contribution is 5.76. The number of benzene rings is 1. The van der Waals surface area contributed by atoms with Crippen molar-refractivity contribution in [3.8, 4) is 5.75 Å². The number of carbonyl (C=O) groups is 1. The van der Waals surface area contributed by atoms with E-state index in [1.807, 2.05) is 13.8 Å². The molecule has 1 aromatic rings. The van der Waals surface area contributed by atoms with E-state index in [0.717, 1.165) is 22.4 Å². The number of amides is 1. The van der Waals surface area contributed by atoms with Crippen LogP contribution in [-0.2, 0) is 11.3 Å². The van der Waals surface area contributed by atoms with Gasteiger partial charge in [0.1, 0.15) is 5.75 Å². The average molecular weight is 250 g/mol. The van der Waals surface area contributed by atoms with Gasteiger partial charge in [-0.3, -0.25) is 4.79 Å². The van der Waals surface area contributed by atoms with Gasteiger partial charge < -0.3 is 15.8 Å². The van der Waals surface area contributed by atoms with E-state index in [1.54, 1.807) is 7.11 Å². The minimum atomic E-state index is -0.0304. The summed E-state index contributed by atoms with van der Waals surface area (Å²) < 4.78 is 5.45. The number of nitrogens with one attached hydrogen (secondary N) is 1. The van der Waals surface area contributed by atoms with Crippen molar-refractivity contribution < 1.29 is 9.53 Å². The minimum Gasteiger partial charge on any atom is -0.496 e. The van der Waals surface area contributed by atoms with Crippen LogP contribution in [0.3, 0.4) is 0 Å². The maximum atomic E-state index is 11.4. The van der Waals surface area contributed by atoms with E-state index in [4.69, 9.17) is 10.5 Å². The van der Waals surface area contributed by atoms with Crippen LogP contribution in [0.2, 0.25) is 0 Å². The second-order valence-corrected chi connectivity index (χ2v) is 4.46. The highest BCUT2D eigenvalue weighted by Crippen LogP contribution is 2.29. The Kier molecular flexibility index (Phi) is 5.16. The lowest BCUT2D eigenvalue weighted by atomic mass is 9.99. The molecule has 1 aromatic carbocycles. The van der Waals surface area contributed by atoms with Gasteiger partial charge in [0.2, 0.25) is 5.91 Å². The van der Waals surface area contributed by atoms with Gasteiger partial charge in [-0.25, -0.2) is 0 Å². The third-order valence-corrected chi connectivity index (χ3v) is 3.15. The molecule has 0 atom stereocenters. The molecule has 4 nitrogen and oxygen atoms in total. The van der Waals surface area contributed by atoms with E-state index < -0.39 is 0 Å². The number of ether oxygens (including phenoxy) is 1. The van der Waals surface area contributed by atoms with Crippen LogP contribution in [0.4, 0.5) is 0 Å².